The third kappa shape index (κ3) is 1.15. The lowest BCUT2D eigenvalue weighted by atomic mass is 10.1. The Morgan fingerprint density at radius 3 is 2.92 bits per heavy atom. The number of hydrogen-bond acceptors (Lipinski definition) is 1. The molecule has 1 heterocycles. The van der Waals surface area contributed by atoms with Crippen LogP contribution in [0.25, 0.3) is 0 Å². The Morgan fingerprint density at radius 1 is 1.42 bits per heavy atom. The molecule has 1 aromatic carbocycles. The minimum Gasteiger partial charge on any atom is -0.432 e. The number of aryl methyl sites for hydroxylation is 1. The first-order valence-electron chi connectivity index (χ1n) is 3.73. The second kappa shape index (κ2) is 2.19. The van der Waals surface area contributed by atoms with E-state index in [0.29, 0.717) is 11.3 Å². The molecule has 1 aliphatic rings. The Balaban J connectivity index is 2.43. The Bertz CT molecular complexity index is 320. The molecule has 0 spiro atoms. The second-order valence-corrected chi connectivity index (χ2v) is 3.03. The summed E-state index contributed by atoms with van der Waals surface area (Å²) in [5.41, 5.74) is 1.53. The zero-order valence-corrected chi connectivity index (χ0v) is 6.60. The normalized spacial score (nSPS) is 18.6. The van der Waals surface area contributed by atoms with E-state index in [0.717, 1.165) is 5.56 Å². The summed E-state index contributed by atoms with van der Waals surface area (Å²) >= 11 is 0. The summed E-state index contributed by atoms with van der Waals surface area (Å²) in [5.74, 6) is 0.319. The first kappa shape index (κ1) is 7.53. The third-order valence-corrected chi connectivity index (χ3v) is 1.88. The van der Waals surface area contributed by atoms with Crippen LogP contribution >= 0.6 is 0 Å². The highest BCUT2D eigenvalue weighted by molar-refractivity contribution is 5.40. The quantitative estimate of drug-likeness (QED) is 0.581. The van der Waals surface area contributed by atoms with Crippen LogP contribution in [0.15, 0.2) is 18.2 Å². The van der Waals surface area contributed by atoms with Gasteiger partial charge in [-0.25, -0.2) is 0 Å². The smallest absolute Gasteiger partial charge is 0.402 e. The van der Waals surface area contributed by atoms with Crippen LogP contribution in [0.2, 0.25) is 0 Å². The van der Waals surface area contributed by atoms with Crippen molar-refractivity contribution in [3.63, 3.8) is 0 Å². The first-order valence-corrected chi connectivity index (χ1v) is 3.73. The fourth-order valence-electron chi connectivity index (χ4n) is 1.32. The SMILES string of the molecule is Cc1ccc2c(c1)OC(F)(F)C2. The lowest BCUT2D eigenvalue weighted by molar-refractivity contribution is -0.159. The number of rotatable bonds is 0. The lowest BCUT2D eigenvalue weighted by Gasteiger charge is -2.06. The molecule has 0 atom stereocenters. The van der Waals surface area contributed by atoms with Crippen molar-refractivity contribution < 1.29 is 13.5 Å². The molecule has 0 radical (unpaired) electrons. The van der Waals surface area contributed by atoms with Gasteiger partial charge in [-0.15, -0.1) is 0 Å². The molecule has 0 aromatic heterocycles. The van der Waals surface area contributed by atoms with Crippen LogP contribution in [-0.4, -0.2) is 6.11 Å². The molecule has 1 aromatic rings. The summed E-state index contributed by atoms with van der Waals surface area (Å²) < 4.78 is 29.7. The molecule has 0 saturated carbocycles. The van der Waals surface area contributed by atoms with Gasteiger partial charge in [0.15, 0.2) is 0 Å². The van der Waals surface area contributed by atoms with Gasteiger partial charge in [0.1, 0.15) is 5.75 Å². The highest BCUT2D eigenvalue weighted by Gasteiger charge is 2.39. The predicted octanol–water partition coefficient (Wildman–Crippen LogP) is 2.52. The average Bonchev–Trinajstić information content (AvgIpc) is 2.21. The number of alkyl halides is 2. The maximum absolute atomic E-state index is 12.6. The molecule has 0 bridgehead atoms. The molecule has 1 aliphatic heterocycles. The minimum atomic E-state index is -3.00. The van der Waals surface area contributed by atoms with Crippen LogP contribution in [0.4, 0.5) is 8.78 Å². The molecule has 0 amide bonds. The van der Waals surface area contributed by atoms with Crippen molar-refractivity contribution in [2.45, 2.75) is 19.5 Å². The molecule has 1 nitrogen and oxygen atoms in total. The first-order chi connectivity index (χ1) is 5.57. The van der Waals surface area contributed by atoms with Gasteiger partial charge < -0.3 is 4.74 Å². The molecule has 0 aliphatic carbocycles. The van der Waals surface area contributed by atoms with E-state index >= 15 is 0 Å². The number of benzene rings is 1. The zero-order valence-electron chi connectivity index (χ0n) is 6.60. The zero-order chi connectivity index (χ0) is 8.77. The molecule has 64 valence electrons. The molecule has 0 fully saturated rings. The van der Waals surface area contributed by atoms with Crippen LogP contribution in [0.5, 0.6) is 5.75 Å². The highest BCUT2D eigenvalue weighted by Crippen LogP contribution is 2.37. The van der Waals surface area contributed by atoms with E-state index < -0.39 is 6.11 Å². The van der Waals surface area contributed by atoms with Gasteiger partial charge in [0.25, 0.3) is 0 Å². The lowest BCUT2D eigenvalue weighted by Crippen LogP contribution is -2.20. The van der Waals surface area contributed by atoms with E-state index in [1.54, 1.807) is 12.1 Å². The predicted molar refractivity (Wildman–Crippen MR) is 40.5 cm³/mol. The van der Waals surface area contributed by atoms with Crippen molar-refractivity contribution >= 4 is 0 Å². The molecule has 12 heavy (non-hydrogen) atoms. The van der Waals surface area contributed by atoms with Crippen molar-refractivity contribution in [1.29, 1.82) is 0 Å². The van der Waals surface area contributed by atoms with E-state index in [4.69, 9.17) is 0 Å². The number of fused-ring (bicyclic) bond motifs is 1. The molecule has 0 unspecified atom stereocenters. The van der Waals surface area contributed by atoms with Gasteiger partial charge in [0.2, 0.25) is 0 Å². The van der Waals surface area contributed by atoms with Crippen molar-refractivity contribution in [3.8, 4) is 5.75 Å². The highest BCUT2D eigenvalue weighted by atomic mass is 19.3. The maximum atomic E-state index is 12.6. The maximum Gasteiger partial charge on any atom is 0.402 e. The Morgan fingerprint density at radius 2 is 2.17 bits per heavy atom. The van der Waals surface area contributed by atoms with Crippen LogP contribution in [0, 0.1) is 6.92 Å². The van der Waals surface area contributed by atoms with Crippen molar-refractivity contribution in [2.75, 3.05) is 0 Å². The minimum absolute atomic E-state index is 0.303. The Labute approximate surface area is 69.0 Å². The summed E-state index contributed by atoms with van der Waals surface area (Å²) in [7, 11) is 0. The number of ether oxygens (including phenoxy) is 1. The van der Waals surface area contributed by atoms with Gasteiger partial charge >= 0.3 is 6.11 Å². The molecular weight excluding hydrogens is 162 g/mol. The van der Waals surface area contributed by atoms with E-state index in [1.165, 1.54) is 0 Å². The van der Waals surface area contributed by atoms with Crippen LogP contribution < -0.4 is 4.74 Å². The summed E-state index contributed by atoms with van der Waals surface area (Å²) in [6.45, 7) is 1.85. The topological polar surface area (TPSA) is 9.23 Å². The van der Waals surface area contributed by atoms with Gasteiger partial charge in [-0.2, -0.15) is 8.78 Å². The summed E-state index contributed by atoms with van der Waals surface area (Å²) in [4.78, 5) is 0. The number of halogens is 2. The second-order valence-electron chi connectivity index (χ2n) is 3.03. The molecule has 0 saturated heterocycles. The monoisotopic (exact) mass is 170 g/mol. The van der Waals surface area contributed by atoms with Crippen LogP contribution in [0.3, 0.4) is 0 Å². The average molecular weight is 170 g/mol. The van der Waals surface area contributed by atoms with Crippen molar-refractivity contribution in [1.82, 2.24) is 0 Å². The molecule has 3 heteroatoms. The van der Waals surface area contributed by atoms with Gasteiger partial charge in [-0.05, 0) is 18.6 Å². The number of hydrogen-bond donors (Lipinski definition) is 0. The van der Waals surface area contributed by atoms with E-state index in [9.17, 15) is 8.78 Å². The van der Waals surface area contributed by atoms with Gasteiger partial charge in [0.05, 0.1) is 6.42 Å². The summed E-state index contributed by atoms with van der Waals surface area (Å²) in [6, 6.07) is 5.13. The van der Waals surface area contributed by atoms with E-state index in [2.05, 4.69) is 4.74 Å². The standard InChI is InChI=1S/C9H8F2O/c1-6-2-3-7-5-9(10,11)12-8(7)4-6/h2-4H,5H2,1H3. The molecule has 0 N–H and O–H groups in total. The van der Waals surface area contributed by atoms with Crippen molar-refractivity contribution in [3.05, 3.63) is 29.3 Å². The van der Waals surface area contributed by atoms with Crippen LogP contribution in [0.1, 0.15) is 11.1 Å². The van der Waals surface area contributed by atoms with Gasteiger partial charge in [0, 0.05) is 5.56 Å². The Kier molecular flexibility index (Phi) is 1.37. The van der Waals surface area contributed by atoms with Gasteiger partial charge in [-0.1, -0.05) is 12.1 Å². The summed E-state index contributed by atoms with van der Waals surface area (Å²) in [5, 5.41) is 0. The van der Waals surface area contributed by atoms with E-state index in [-0.39, 0.29) is 6.42 Å². The molecule has 2 rings (SSSR count). The fourth-order valence-corrected chi connectivity index (χ4v) is 1.32. The third-order valence-electron chi connectivity index (χ3n) is 1.88. The largest absolute Gasteiger partial charge is 0.432 e. The van der Waals surface area contributed by atoms with E-state index in [1.807, 2.05) is 13.0 Å². The van der Waals surface area contributed by atoms with Crippen LogP contribution in [-0.2, 0) is 6.42 Å². The van der Waals surface area contributed by atoms with Crippen molar-refractivity contribution in [2.24, 2.45) is 0 Å². The Hall–Kier alpha value is -1.12. The molecular formula is C9H8F2O. The summed E-state index contributed by atoms with van der Waals surface area (Å²) in [6.07, 6.45) is -3.31. The fraction of sp³-hybridized carbons (Fsp3) is 0.333. The van der Waals surface area contributed by atoms with Gasteiger partial charge in [-0.3, -0.25) is 0 Å².